The molecule has 1 heterocycles. The summed E-state index contributed by atoms with van der Waals surface area (Å²) in [5.41, 5.74) is 1.53. The van der Waals surface area contributed by atoms with Crippen LogP contribution in [-0.2, 0) is 11.2 Å². The number of esters is 1. The summed E-state index contributed by atoms with van der Waals surface area (Å²) in [6.07, 6.45) is 0.987. The van der Waals surface area contributed by atoms with Crippen LogP contribution in [0.15, 0.2) is 41.8 Å². The van der Waals surface area contributed by atoms with Crippen molar-refractivity contribution in [2.24, 2.45) is 0 Å². The van der Waals surface area contributed by atoms with Crippen molar-refractivity contribution in [3.05, 3.63) is 52.2 Å². The van der Waals surface area contributed by atoms with Gasteiger partial charge >= 0.3 is 5.97 Å². The minimum absolute atomic E-state index is 0.274. The van der Waals surface area contributed by atoms with Gasteiger partial charge in [0.1, 0.15) is 0 Å². The van der Waals surface area contributed by atoms with Crippen LogP contribution in [0, 0.1) is 0 Å². The van der Waals surface area contributed by atoms with E-state index in [4.69, 9.17) is 4.74 Å². The van der Waals surface area contributed by atoms with Crippen molar-refractivity contribution in [1.29, 1.82) is 0 Å². The molecular weight excluding hydrogens is 258 g/mol. The van der Waals surface area contributed by atoms with Crippen LogP contribution in [0.5, 0.6) is 0 Å². The Morgan fingerprint density at radius 2 is 2.21 bits per heavy atom. The van der Waals surface area contributed by atoms with E-state index < -0.39 is 0 Å². The number of anilines is 1. The van der Waals surface area contributed by atoms with Gasteiger partial charge in [0.15, 0.2) is 0 Å². The minimum Gasteiger partial charge on any atom is -0.462 e. The van der Waals surface area contributed by atoms with E-state index in [9.17, 15) is 4.79 Å². The molecule has 1 aromatic heterocycles. The molecule has 0 saturated carbocycles. The van der Waals surface area contributed by atoms with Gasteiger partial charge in [-0.3, -0.25) is 0 Å². The van der Waals surface area contributed by atoms with E-state index in [2.05, 4.69) is 22.8 Å². The van der Waals surface area contributed by atoms with E-state index in [1.807, 2.05) is 18.2 Å². The van der Waals surface area contributed by atoms with Crippen molar-refractivity contribution in [3.8, 4) is 0 Å². The third kappa shape index (κ3) is 4.10. The summed E-state index contributed by atoms with van der Waals surface area (Å²) in [5, 5.41) is 5.40. The highest BCUT2D eigenvalue weighted by atomic mass is 32.1. The molecule has 0 spiro atoms. The first-order valence-electron chi connectivity index (χ1n) is 6.33. The van der Waals surface area contributed by atoms with Gasteiger partial charge < -0.3 is 10.1 Å². The first-order chi connectivity index (χ1) is 9.29. The van der Waals surface area contributed by atoms with Crippen LogP contribution < -0.4 is 5.32 Å². The molecule has 2 aromatic rings. The number of nitrogens with one attached hydrogen (secondary N) is 1. The molecule has 1 aromatic carbocycles. The molecule has 0 saturated heterocycles. The van der Waals surface area contributed by atoms with Gasteiger partial charge in [-0.1, -0.05) is 12.1 Å². The lowest BCUT2D eigenvalue weighted by molar-refractivity contribution is 0.0526. The predicted molar refractivity (Wildman–Crippen MR) is 78.9 cm³/mol. The fourth-order valence-corrected chi connectivity index (χ4v) is 2.46. The van der Waals surface area contributed by atoms with Gasteiger partial charge in [-0.15, -0.1) is 11.3 Å². The summed E-state index contributed by atoms with van der Waals surface area (Å²) >= 11 is 1.76. The lowest BCUT2D eigenvalue weighted by Crippen LogP contribution is -2.07. The minimum atomic E-state index is -0.274. The lowest BCUT2D eigenvalue weighted by Gasteiger charge is -2.07. The van der Waals surface area contributed by atoms with Crippen LogP contribution in [-0.4, -0.2) is 19.1 Å². The van der Waals surface area contributed by atoms with E-state index in [-0.39, 0.29) is 5.97 Å². The molecule has 0 fully saturated rings. The van der Waals surface area contributed by atoms with Crippen molar-refractivity contribution >= 4 is 23.0 Å². The number of hydrogen-bond donors (Lipinski definition) is 1. The Labute approximate surface area is 117 Å². The first-order valence-corrected chi connectivity index (χ1v) is 7.21. The highest BCUT2D eigenvalue weighted by molar-refractivity contribution is 7.09. The molecule has 0 amide bonds. The smallest absolute Gasteiger partial charge is 0.338 e. The van der Waals surface area contributed by atoms with E-state index in [1.54, 1.807) is 24.3 Å². The average molecular weight is 275 g/mol. The monoisotopic (exact) mass is 275 g/mol. The molecule has 19 heavy (non-hydrogen) atoms. The average Bonchev–Trinajstić information content (AvgIpc) is 2.93. The highest BCUT2D eigenvalue weighted by Gasteiger charge is 2.06. The van der Waals surface area contributed by atoms with Crippen LogP contribution >= 0.6 is 11.3 Å². The third-order valence-electron chi connectivity index (χ3n) is 2.65. The molecule has 0 aliphatic rings. The van der Waals surface area contributed by atoms with Crippen LogP contribution in [0.2, 0.25) is 0 Å². The Hall–Kier alpha value is -1.81. The zero-order chi connectivity index (χ0) is 13.5. The summed E-state index contributed by atoms with van der Waals surface area (Å²) < 4.78 is 4.98. The summed E-state index contributed by atoms with van der Waals surface area (Å²) in [5.74, 6) is -0.274. The van der Waals surface area contributed by atoms with Crippen LogP contribution in [0.3, 0.4) is 0 Å². The van der Waals surface area contributed by atoms with Gasteiger partial charge in [0.05, 0.1) is 12.2 Å². The number of hydrogen-bond acceptors (Lipinski definition) is 4. The van der Waals surface area contributed by atoms with E-state index in [0.717, 1.165) is 18.7 Å². The highest BCUT2D eigenvalue weighted by Crippen LogP contribution is 2.13. The Balaban J connectivity index is 1.90. The first kappa shape index (κ1) is 13.6. The summed E-state index contributed by atoms with van der Waals surface area (Å²) in [6, 6.07) is 11.6. The summed E-state index contributed by atoms with van der Waals surface area (Å²) in [7, 11) is 0. The fraction of sp³-hybridized carbons (Fsp3) is 0.267. The van der Waals surface area contributed by atoms with E-state index in [1.165, 1.54) is 4.88 Å². The number of rotatable bonds is 6. The molecule has 0 atom stereocenters. The number of ether oxygens (including phenoxy) is 1. The van der Waals surface area contributed by atoms with Crippen molar-refractivity contribution < 1.29 is 9.53 Å². The molecule has 0 aliphatic carbocycles. The fourth-order valence-electron chi connectivity index (χ4n) is 1.76. The van der Waals surface area contributed by atoms with Gasteiger partial charge in [-0.2, -0.15) is 0 Å². The van der Waals surface area contributed by atoms with E-state index in [0.29, 0.717) is 12.2 Å². The third-order valence-corrected chi connectivity index (χ3v) is 3.59. The quantitative estimate of drug-likeness (QED) is 0.819. The Morgan fingerprint density at radius 1 is 1.32 bits per heavy atom. The predicted octanol–water partition coefficient (Wildman–Crippen LogP) is 3.58. The van der Waals surface area contributed by atoms with Crippen LogP contribution in [0.1, 0.15) is 22.2 Å². The Morgan fingerprint density at radius 3 is 2.95 bits per heavy atom. The lowest BCUT2D eigenvalue weighted by atomic mass is 10.2. The summed E-state index contributed by atoms with van der Waals surface area (Å²) in [6.45, 7) is 3.06. The summed E-state index contributed by atoms with van der Waals surface area (Å²) in [4.78, 5) is 13.0. The molecule has 0 bridgehead atoms. The maximum absolute atomic E-state index is 11.6. The maximum atomic E-state index is 11.6. The SMILES string of the molecule is CCOC(=O)c1cccc(NCCc2cccs2)c1. The Bertz CT molecular complexity index is 523. The standard InChI is InChI=1S/C15H17NO2S/c1-2-18-15(17)12-5-3-6-13(11-12)16-9-8-14-7-4-10-19-14/h3-7,10-11,16H,2,8-9H2,1H3. The molecular formula is C15H17NO2S. The maximum Gasteiger partial charge on any atom is 0.338 e. The normalized spacial score (nSPS) is 10.2. The van der Waals surface area contributed by atoms with Crippen molar-refractivity contribution in [2.45, 2.75) is 13.3 Å². The van der Waals surface area contributed by atoms with E-state index >= 15 is 0 Å². The van der Waals surface area contributed by atoms with Gasteiger partial charge in [0, 0.05) is 17.1 Å². The largest absolute Gasteiger partial charge is 0.462 e. The van der Waals surface area contributed by atoms with Crippen molar-refractivity contribution in [1.82, 2.24) is 0 Å². The number of benzene rings is 1. The number of carbonyl (C=O) groups is 1. The van der Waals surface area contributed by atoms with Gasteiger partial charge in [-0.05, 0) is 43.0 Å². The van der Waals surface area contributed by atoms with Crippen LogP contribution in [0.4, 0.5) is 5.69 Å². The Kier molecular flexibility index (Phi) is 4.98. The molecule has 4 heteroatoms. The van der Waals surface area contributed by atoms with Crippen molar-refractivity contribution in [2.75, 3.05) is 18.5 Å². The molecule has 100 valence electrons. The topological polar surface area (TPSA) is 38.3 Å². The second kappa shape index (κ2) is 6.95. The molecule has 1 N–H and O–H groups in total. The molecule has 0 unspecified atom stereocenters. The molecule has 2 rings (SSSR count). The van der Waals surface area contributed by atoms with Crippen LogP contribution in [0.25, 0.3) is 0 Å². The van der Waals surface area contributed by atoms with Crippen molar-refractivity contribution in [3.63, 3.8) is 0 Å². The zero-order valence-electron chi connectivity index (χ0n) is 10.9. The second-order valence-corrected chi connectivity index (χ2v) is 5.09. The zero-order valence-corrected chi connectivity index (χ0v) is 11.7. The number of thiophene rings is 1. The van der Waals surface area contributed by atoms with Gasteiger partial charge in [0.2, 0.25) is 0 Å². The molecule has 0 radical (unpaired) electrons. The van der Waals surface area contributed by atoms with Gasteiger partial charge in [-0.25, -0.2) is 4.79 Å². The second-order valence-electron chi connectivity index (χ2n) is 4.06. The van der Waals surface area contributed by atoms with Gasteiger partial charge in [0.25, 0.3) is 0 Å². The molecule has 0 aliphatic heterocycles. The number of carbonyl (C=O) groups excluding carboxylic acids is 1. The molecule has 3 nitrogen and oxygen atoms in total.